The Bertz CT molecular complexity index is 998. The second kappa shape index (κ2) is 6.07. The van der Waals surface area contributed by atoms with Crippen LogP contribution in [0, 0.1) is 0 Å². The molecule has 0 radical (unpaired) electrons. The molecule has 1 N–H and O–H groups in total. The van der Waals surface area contributed by atoms with Gasteiger partial charge in [0.05, 0.1) is 12.7 Å². The molecule has 26 heavy (non-hydrogen) atoms. The molecule has 3 aromatic rings. The standard InChI is InChI=1S/C20H14FNO3S/c1-25-14-9-7-12(8-10-14)15-11-26-18-16(15)17(23)20(21,19(24)22-18)13-5-3-2-4-6-13/h2-11H,1H3,(H,22,24). The quantitative estimate of drug-likeness (QED) is 0.697. The number of hydrogen-bond acceptors (Lipinski definition) is 4. The van der Waals surface area contributed by atoms with Gasteiger partial charge in [-0.25, -0.2) is 4.39 Å². The van der Waals surface area contributed by atoms with Gasteiger partial charge in [0.2, 0.25) is 5.78 Å². The van der Waals surface area contributed by atoms with E-state index in [2.05, 4.69) is 5.32 Å². The van der Waals surface area contributed by atoms with Crippen LogP contribution in [0.2, 0.25) is 0 Å². The number of nitrogens with one attached hydrogen (secondary N) is 1. The van der Waals surface area contributed by atoms with Crippen molar-refractivity contribution in [1.29, 1.82) is 0 Å². The van der Waals surface area contributed by atoms with Crippen molar-refractivity contribution in [3.05, 3.63) is 71.1 Å². The van der Waals surface area contributed by atoms with E-state index in [4.69, 9.17) is 4.74 Å². The highest BCUT2D eigenvalue weighted by atomic mass is 32.1. The molecule has 4 nitrogen and oxygen atoms in total. The SMILES string of the molecule is COc1ccc(-c2csc3c2C(=O)C(F)(c2ccccc2)C(=O)N3)cc1. The Morgan fingerprint density at radius 1 is 1.04 bits per heavy atom. The van der Waals surface area contributed by atoms with E-state index in [-0.39, 0.29) is 11.1 Å². The highest BCUT2D eigenvalue weighted by Crippen LogP contribution is 2.45. The molecular weight excluding hydrogens is 353 g/mol. The van der Waals surface area contributed by atoms with Crippen LogP contribution in [0.3, 0.4) is 0 Å². The number of ether oxygens (including phenoxy) is 1. The molecule has 6 heteroatoms. The van der Waals surface area contributed by atoms with Crippen LogP contribution in [0.25, 0.3) is 11.1 Å². The summed E-state index contributed by atoms with van der Waals surface area (Å²) in [6.45, 7) is 0. The molecule has 0 bridgehead atoms. The van der Waals surface area contributed by atoms with Crippen molar-refractivity contribution >= 4 is 28.0 Å². The summed E-state index contributed by atoms with van der Waals surface area (Å²) in [6.07, 6.45) is 0. The van der Waals surface area contributed by atoms with E-state index in [1.807, 2.05) is 0 Å². The highest BCUT2D eigenvalue weighted by Gasteiger charge is 2.53. The van der Waals surface area contributed by atoms with Gasteiger partial charge in [-0.1, -0.05) is 42.5 Å². The first kappa shape index (κ1) is 16.5. The Morgan fingerprint density at radius 2 is 1.73 bits per heavy atom. The molecule has 0 spiro atoms. The largest absolute Gasteiger partial charge is 0.497 e. The number of alkyl halides is 1. The van der Waals surface area contributed by atoms with E-state index < -0.39 is 17.4 Å². The van der Waals surface area contributed by atoms with Crippen molar-refractivity contribution in [3.8, 4) is 16.9 Å². The Balaban J connectivity index is 1.85. The lowest BCUT2D eigenvalue weighted by Gasteiger charge is -2.28. The lowest BCUT2D eigenvalue weighted by Crippen LogP contribution is -2.47. The maximum atomic E-state index is 15.7. The summed E-state index contributed by atoms with van der Waals surface area (Å²) in [7, 11) is 1.57. The highest BCUT2D eigenvalue weighted by molar-refractivity contribution is 7.15. The van der Waals surface area contributed by atoms with Gasteiger partial charge in [0.15, 0.2) is 0 Å². The van der Waals surface area contributed by atoms with Crippen molar-refractivity contribution < 1.29 is 18.7 Å². The van der Waals surface area contributed by atoms with Gasteiger partial charge in [0.1, 0.15) is 10.8 Å². The third-order valence-corrected chi connectivity index (χ3v) is 5.34. The fraction of sp³-hybridized carbons (Fsp3) is 0.100. The number of benzene rings is 2. The fourth-order valence-corrected chi connectivity index (χ4v) is 4.01. The Morgan fingerprint density at radius 3 is 2.38 bits per heavy atom. The van der Waals surface area contributed by atoms with Crippen LogP contribution in [-0.4, -0.2) is 18.8 Å². The van der Waals surface area contributed by atoms with Crippen LogP contribution in [-0.2, 0) is 10.5 Å². The summed E-state index contributed by atoms with van der Waals surface area (Å²) in [5, 5.41) is 4.67. The van der Waals surface area contributed by atoms with E-state index in [1.54, 1.807) is 55.0 Å². The van der Waals surface area contributed by atoms with E-state index in [1.165, 1.54) is 23.5 Å². The van der Waals surface area contributed by atoms with Crippen molar-refractivity contribution in [2.45, 2.75) is 5.67 Å². The molecule has 1 aliphatic heterocycles. The molecular formula is C20H14FNO3S. The van der Waals surface area contributed by atoms with E-state index >= 15 is 4.39 Å². The maximum Gasteiger partial charge on any atom is 0.275 e. The van der Waals surface area contributed by atoms with E-state index in [9.17, 15) is 9.59 Å². The number of ketones is 1. The molecule has 1 amide bonds. The summed E-state index contributed by atoms with van der Waals surface area (Å²) < 4.78 is 20.8. The number of thiophene rings is 1. The maximum absolute atomic E-state index is 15.7. The smallest absolute Gasteiger partial charge is 0.275 e. The predicted molar refractivity (Wildman–Crippen MR) is 98.5 cm³/mol. The molecule has 2 heterocycles. The van der Waals surface area contributed by atoms with Gasteiger partial charge >= 0.3 is 0 Å². The van der Waals surface area contributed by atoms with Crippen LogP contribution in [0.1, 0.15) is 15.9 Å². The first-order valence-electron chi connectivity index (χ1n) is 7.92. The number of halogens is 1. The number of anilines is 1. The third kappa shape index (κ3) is 2.34. The molecule has 4 rings (SSSR count). The fourth-order valence-electron chi connectivity index (χ4n) is 3.05. The Labute approximate surface area is 153 Å². The normalized spacial score (nSPS) is 19.0. The molecule has 0 fully saturated rings. The van der Waals surface area contributed by atoms with Gasteiger partial charge in [0.25, 0.3) is 11.6 Å². The zero-order chi connectivity index (χ0) is 18.3. The lowest BCUT2D eigenvalue weighted by atomic mass is 9.83. The van der Waals surface area contributed by atoms with Crippen molar-refractivity contribution in [2.24, 2.45) is 0 Å². The minimum atomic E-state index is -2.74. The molecule has 0 aliphatic carbocycles. The van der Waals surface area contributed by atoms with Gasteiger partial charge in [-0.3, -0.25) is 9.59 Å². The Kier molecular flexibility index (Phi) is 3.85. The number of methoxy groups -OCH3 is 1. The topological polar surface area (TPSA) is 55.4 Å². The first-order valence-corrected chi connectivity index (χ1v) is 8.80. The Hall–Kier alpha value is -2.99. The van der Waals surface area contributed by atoms with Crippen LogP contribution < -0.4 is 10.1 Å². The van der Waals surface area contributed by atoms with Gasteiger partial charge in [-0.15, -0.1) is 11.3 Å². The number of hydrogen-bond donors (Lipinski definition) is 1. The molecule has 130 valence electrons. The average Bonchev–Trinajstić information content (AvgIpc) is 3.10. The van der Waals surface area contributed by atoms with Crippen molar-refractivity contribution in [1.82, 2.24) is 0 Å². The number of fused-ring (bicyclic) bond motifs is 1. The molecule has 1 aromatic heterocycles. The zero-order valence-corrected chi connectivity index (χ0v) is 14.6. The lowest BCUT2D eigenvalue weighted by molar-refractivity contribution is -0.125. The molecule has 1 aliphatic rings. The van der Waals surface area contributed by atoms with Crippen molar-refractivity contribution in [3.63, 3.8) is 0 Å². The van der Waals surface area contributed by atoms with Crippen LogP contribution in [0.5, 0.6) is 5.75 Å². The van der Waals surface area contributed by atoms with Gasteiger partial charge < -0.3 is 10.1 Å². The number of carbonyl (C=O) groups excluding carboxylic acids is 2. The summed E-state index contributed by atoms with van der Waals surface area (Å²) in [5.74, 6) is -1.11. The van der Waals surface area contributed by atoms with Crippen LogP contribution >= 0.6 is 11.3 Å². The van der Waals surface area contributed by atoms with Gasteiger partial charge in [-0.2, -0.15) is 0 Å². The van der Waals surface area contributed by atoms with Crippen LogP contribution in [0.15, 0.2) is 60.0 Å². The van der Waals surface area contributed by atoms with Crippen LogP contribution in [0.4, 0.5) is 9.39 Å². The second-order valence-corrected chi connectivity index (χ2v) is 6.77. The summed E-state index contributed by atoms with van der Waals surface area (Å²) in [4.78, 5) is 25.5. The van der Waals surface area contributed by atoms with E-state index in [0.717, 1.165) is 5.56 Å². The first-order chi connectivity index (χ1) is 12.6. The second-order valence-electron chi connectivity index (χ2n) is 5.89. The molecule has 1 unspecified atom stereocenters. The number of rotatable bonds is 3. The number of carbonyl (C=O) groups is 2. The monoisotopic (exact) mass is 367 g/mol. The molecule has 0 saturated carbocycles. The van der Waals surface area contributed by atoms with Gasteiger partial charge in [0, 0.05) is 16.5 Å². The number of Topliss-reactive ketones (excluding diaryl/α,β-unsaturated/α-hetero) is 1. The molecule has 1 atom stereocenters. The molecule has 2 aromatic carbocycles. The summed E-state index contributed by atoms with van der Waals surface area (Å²) >= 11 is 1.21. The zero-order valence-electron chi connectivity index (χ0n) is 13.8. The van der Waals surface area contributed by atoms with E-state index in [0.29, 0.717) is 16.3 Å². The van der Waals surface area contributed by atoms with Crippen molar-refractivity contribution in [2.75, 3.05) is 12.4 Å². The average molecular weight is 367 g/mol. The minimum absolute atomic E-state index is 0.0278. The predicted octanol–water partition coefficient (Wildman–Crippen LogP) is 4.42. The number of amides is 1. The summed E-state index contributed by atoms with van der Waals surface area (Å²) in [6, 6.07) is 14.9. The molecule has 0 saturated heterocycles. The van der Waals surface area contributed by atoms with Gasteiger partial charge in [-0.05, 0) is 17.7 Å². The third-order valence-electron chi connectivity index (χ3n) is 4.44. The summed E-state index contributed by atoms with van der Waals surface area (Å²) in [5.41, 5.74) is -1.17. The minimum Gasteiger partial charge on any atom is -0.497 e.